The molecule has 0 N–H and O–H groups in total. The van der Waals surface area contributed by atoms with Gasteiger partial charge in [-0.3, -0.25) is 0 Å². The molecule has 1 atom stereocenters. The van der Waals surface area contributed by atoms with E-state index in [0.29, 0.717) is 12.2 Å². The van der Waals surface area contributed by atoms with Crippen LogP contribution in [0.5, 0.6) is 0 Å². The van der Waals surface area contributed by atoms with Crippen LogP contribution < -0.4 is 0 Å². The maximum absolute atomic E-state index is 11.6. The van der Waals surface area contributed by atoms with Gasteiger partial charge in [0, 0.05) is 13.2 Å². The summed E-state index contributed by atoms with van der Waals surface area (Å²) >= 11 is 0. The van der Waals surface area contributed by atoms with E-state index in [2.05, 4.69) is 0 Å². The van der Waals surface area contributed by atoms with Gasteiger partial charge in [0.15, 0.2) is 0 Å². The lowest BCUT2D eigenvalue weighted by atomic mass is 10.0. The van der Waals surface area contributed by atoms with Gasteiger partial charge in [0.2, 0.25) is 0 Å². The predicted octanol–water partition coefficient (Wildman–Crippen LogP) is 1.80. The summed E-state index contributed by atoms with van der Waals surface area (Å²) in [5.74, 6) is -0.333. The highest BCUT2D eigenvalue weighted by molar-refractivity contribution is 5.89. The molecule has 5 heteroatoms. The lowest BCUT2D eigenvalue weighted by Crippen LogP contribution is -2.29. The number of rotatable bonds is 3. The number of hydroxylamine groups is 2. The first-order valence-corrected chi connectivity index (χ1v) is 6.33. The van der Waals surface area contributed by atoms with E-state index in [0.717, 1.165) is 25.1 Å². The van der Waals surface area contributed by atoms with E-state index in [1.54, 1.807) is 13.2 Å². The summed E-state index contributed by atoms with van der Waals surface area (Å²) in [4.78, 5) is 17.0. The van der Waals surface area contributed by atoms with Crippen LogP contribution in [0.3, 0.4) is 0 Å². The number of carbonyl (C=O) groups excluding carboxylic acids is 1. The highest BCUT2D eigenvalue weighted by atomic mass is 16.7. The van der Waals surface area contributed by atoms with E-state index >= 15 is 0 Å². The van der Waals surface area contributed by atoms with Crippen LogP contribution in [-0.4, -0.2) is 45.0 Å². The highest BCUT2D eigenvalue weighted by Crippen LogP contribution is 2.24. The van der Waals surface area contributed by atoms with Crippen LogP contribution in [0.15, 0.2) is 24.3 Å². The molecule has 2 rings (SSSR count). The summed E-state index contributed by atoms with van der Waals surface area (Å²) in [5.41, 5.74) is 1.53. The summed E-state index contributed by atoms with van der Waals surface area (Å²) in [6.45, 7) is 2.09. The van der Waals surface area contributed by atoms with Crippen molar-refractivity contribution in [3.05, 3.63) is 35.4 Å². The van der Waals surface area contributed by atoms with E-state index in [1.807, 2.05) is 23.3 Å². The van der Waals surface area contributed by atoms with E-state index < -0.39 is 0 Å². The fourth-order valence-corrected chi connectivity index (χ4v) is 2.23. The fourth-order valence-electron chi connectivity index (χ4n) is 2.23. The third-order valence-corrected chi connectivity index (χ3v) is 3.22. The van der Waals surface area contributed by atoms with Crippen molar-refractivity contribution in [2.24, 2.45) is 0 Å². The number of ether oxygens (including phenoxy) is 2. The lowest BCUT2D eigenvalue weighted by Gasteiger charge is -2.27. The molecule has 1 unspecified atom stereocenters. The molecule has 1 aromatic rings. The number of hydrogen-bond donors (Lipinski definition) is 0. The fraction of sp³-hybridized carbons (Fsp3) is 0.500. The smallest absolute Gasteiger partial charge is 0.337 e. The standard InChI is InChI=1S/C14H19NO4/c1-17-14(16)12-6-3-5-11(9-12)13-10-19-8-4-7-15(13)18-2/h3,5-6,9,13H,4,7-8,10H2,1-2H3. The van der Waals surface area contributed by atoms with Gasteiger partial charge in [0.1, 0.15) is 0 Å². The van der Waals surface area contributed by atoms with Crippen LogP contribution in [0.25, 0.3) is 0 Å². The first-order chi connectivity index (χ1) is 9.26. The van der Waals surface area contributed by atoms with Crippen LogP contribution in [0, 0.1) is 0 Å². The molecule has 0 amide bonds. The average Bonchev–Trinajstić information content (AvgIpc) is 2.71. The minimum Gasteiger partial charge on any atom is -0.465 e. The van der Waals surface area contributed by atoms with Gasteiger partial charge in [-0.2, -0.15) is 5.06 Å². The highest BCUT2D eigenvalue weighted by Gasteiger charge is 2.24. The Morgan fingerprint density at radius 1 is 1.42 bits per heavy atom. The van der Waals surface area contributed by atoms with Crippen LogP contribution in [-0.2, 0) is 14.3 Å². The maximum Gasteiger partial charge on any atom is 0.337 e. The second kappa shape index (κ2) is 6.65. The Bertz CT molecular complexity index is 435. The minimum absolute atomic E-state index is 0.00268. The number of carbonyl (C=O) groups is 1. The predicted molar refractivity (Wildman–Crippen MR) is 69.7 cm³/mol. The quantitative estimate of drug-likeness (QED) is 0.780. The zero-order valence-electron chi connectivity index (χ0n) is 11.3. The molecule has 5 nitrogen and oxygen atoms in total. The first kappa shape index (κ1) is 14.0. The molecule has 1 aliphatic rings. The summed E-state index contributed by atoms with van der Waals surface area (Å²) < 4.78 is 10.3. The normalized spacial score (nSPS) is 20.8. The van der Waals surface area contributed by atoms with Gasteiger partial charge in [-0.1, -0.05) is 12.1 Å². The topological polar surface area (TPSA) is 48.0 Å². The third-order valence-electron chi connectivity index (χ3n) is 3.22. The summed E-state index contributed by atoms with van der Waals surface area (Å²) in [6.07, 6.45) is 0.932. The van der Waals surface area contributed by atoms with Crippen LogP contribution >= 0.6 is 0 Å². The zero-order valence-corrected chi connectivity index (χ0v) is 11.3. The molecule has 0 radical (unpaired) electrons. The Kier molecular flexibility index (Phi) is 4.90. The monoisotopic (exact) mass is 265 g/mol. The van der Waals surface area contributed by atoms with Gasteiger partial charge in [0.05, 0.1) is 32.4 Å². The van der Waals surface area contributed by atoms with Gasteiger partial charge in [-0.25, -0.2) is 4.79 Å². The molecule has 1 saturated heterocycles. The minimum atomic E-state index is -0.333. The van der Waals surface area contributed by atoms with Crippen LogP contribution in [0.2, 0.25) is 0 Å². The molecule has 104 valence electrons. The number of esters is 1. The van der Waals surface area contributed by atoms with E-state index in [-0.39, 0.29) is 12.0 Å². The van der Waals surface area contributed by atoms with Crippen molar-refractivity contribution in [2.75, 3.05) is 34.0 Å². The molecule has 1 aromatic carbocycles. The number of methoxy groups -OCH3 is 1. The van der Waals surface area contributed by atoms with Crippen molar-refractivity contribution in [3.8, 4) is 0 Å². The third kappa shape index (κ3) is 3.32. The van der Waals surface area contributed by atoms with E-state index in [1.165, 1.54) is 7.11 Å². The molecular formula is C14H19NO4. The van der Waals surface area contributed by atoms with Crippen LogP contribution in [0.1, 0.15) is 28.4 Å². The van der Waals surface area contributed by atoms with Crippen molar-refractivity contribution >= 4 is 5.97 Å². The van der Waals surface area contributed by atoms with Gasteiger partial charge < -0.3 is 14.3 Å². The maximum atomic E-state index is 11.6. The molecule has 19 heavy (non-hydrogen) atoms. The van der Waals surface area contributed by atoms with Crippen molar-refractivity contribution < 1.29 is 19.1 Å². The van der Waals surface area contributed by atoms with Crippen molar-refractivity contribution in [1.82, 2.24) is 5.06 Å². The molecule has 0 spiro atoms. The second-order valence-corrected chi connectivity index (χ2v) is 4.38. The van der Waals surface area contributed by atoms with Crippen LogP contribution in [0.4, 0.5) is 0 Å². The van der Waals surface area contributed by atoms with Gasteiger partial charge in [0.25, 0.3) is 0 Å². The number of benzene rings is 1. The van der Waals surface area contributed by atoms with Gasteiger partial charge in [-0.15, -0.1) is 0 Å². The molecule has 0 bridgehead atoms. The second-order valence-electron chi connectivity index (χ2n) is 4.38. The molecule has 0 saturated carbocycles. The Morgan fingerprint density at radius 2 is 2.26 bits per heavy atom. The van der Waals surface area contributed by atoms with Gasteiger partial charge >= 0.3 is 5.97 Å². The molecule has 0 aliphatic carbocycles. The lowest BCUT2D eigenvalue weighted by molar-refractivity contribution is -0.164. The Balaban J connectivity index is 2.25. The number of nitrogens with zero attached hydrogens (tertiary/aromatic N) is 1. The van der Waals surface area contributed by atoms with Crippen molar-refractivity contribution in [2.45, 2.75) is 12.5 Å². The van der Waals surface area contributed by atoms with Gasteiger partial charge in [-0.05, 0) is 24.1 Å². The van der Waals surface area contributed by atoms with Crippen molar-refractivity contribution in [3.63, 3.8) is 0 Å². The Hall–Kier alpha value is -1.43. The van der Waals surface area contributed by atoms with Crippen molar-refractivity contribution in [1.29, 1.82) is 0 Å². The summed E-state index contributed by atoms with van der Waals surface area (Å²) in [5, 5.41) is 1.89. The summed E-state index contributed by atoms with van der Waals surface area (Å²) in [6, 6.07) is 7.39. The summed E-state index contributed by atoms with van der Waals surface area (Å²) in [7, 11) is 3.04. The van der Waals surface area contributed by atoms with E-state index in [9.17, 15) is 4.79 Å². The average molecular weight is 265 g/mol. The van der Waals surface area contributed by atoms with E-state index in [4.69, 9.17) is 14.3 Å². The Morgan fingerprint density at radius 3 is 3.00 bits per heavy atom. The number of hydrogen-bond acceptors (Lipinski definition) is 5. The Labute approximate surface area is 113 Å². The molecule has 1 heterocycles. The SMILES string of the molecule is COC(=O)c1cccc(C2COCCCN2OC)c1. The first-order valence-electron chi connectivity index (χ1n) is 6.33. The molecule has 0 aromatic heterocycles. The molecule has 1 aliphatic heterocycles. The largest absolute Gasteiger partial charge is 0.465 e. The molecule has 1 fully saturated rings. The zero-order chi connectivity index (χ0) is 13.7. The molecular weight excluding hydrogens is 246 g/mol.